The molecule has 1 heterocycles. The first-order chi connectivity index (χ1) is 8.63. The van der Waals surface area contributed by atoms with E-state index >= 15 is 0 Å². The third-order valence-corrected chi connectivity index (χ3v) is 3.43. The molecule has 0 aliphatic carbocycles. The highest BCUT2D eigenvalue weighted by atomic mass is 19.1. The number of benzene rings is 1. The Bertz CT molecular complexity index is 447. The van der Waals surface area contributed by atoms with Crippen LogP contribution in [0.4, 0.5) is 4.39 Å². The standard InChI is InChI=1S/C14H18FNO2/c1-3-18-14(17)12-8-16-7-11(12)10-5-4-9(2)13(15)6-10/h4-6,11-12,16H,3,7-8H2,1-2H3/t11-,12+/m0/s1. The molecule has 4 heteroatoms. The molecule has 0 spiro atoms. The fourth-order valence-corrected chi connectivity index (χ4v) is 2.37. The van der Waals surface area contributed by atoms with Crippen molar-refractivity contribution in [3.63, 3.8) is 0 Å². The number of ether oxygens (including phenoxy) is 1. The van der Waals surface area contributed by atoms with Crippen molar-refractivity contribution in [2.45, 2.75) is 19.8 Å². The quantitative estimate of drug-likeness (QED) is 0.835. The summed E-state index contributed by atoms with van der Waals surface area (Å²) < 4.78 is 18.6. The van der Waals surface area contributed by atoms with Gasteiger partial charge in [0.1, 0.15) is 5.82 Å². The van der Waals surface area contributed by atoms with Crippen molar-refractivity contribution in [1.29, 1.82) is 0 Å². The zero-order valence-corrected chi connectivity index (χ0v) is 10.7. The Morgan fingerprint density at radius 1 is 1.50 bits per heavy atom. The van der Waals surface area contributed by atoms with Crippen LogP contribution in [0.3, 0.4) is 0 Å². The van der Waals surface area contributed by atoms with Gasteiger partial charge in [0.05, 0.1) is 12.5 Å². The van der Waals surface area contributed by atoms with Crippen molar-refractivity contribution in [3.05, 3.63) is 35.1 Å². The molecule has 0 amide bonds. The van der Waals surface area contributed by atoms with E-state index in [1.165, 1.54) is 6.07 Å². The summed E-state index contributed by atoms with van der Waals surface area (Å²) in [5.74, 6) is -0.637. The molecular formula is C14H18FNO2. The van der Waals surface area contributed by atoms with E-state index in [0.717, 1.165) is 5.56 Å². The normalized spacial score (nSPS) is 23.1. The first-order valence-electron chi connectivity index (χ1n) is 6.27. The first kappa shape index (κ1) is 13.0. The van der Waals surface area contributed by atoms with E-state index in [-0.39, 0.29) is 23.6 Å². The molecule has 3 nitrogen and oxygen atoms in total. The lowest BCUT2D eigenvalue weighted by Crippen LogP contribution is -2.24. The predicted molar refractivity (Wildman–Crippen MR) is 66.9 cm³/mol. The van der Waals surface area contributed by atoms with Crippen LogP contribution >= 0.6 is 0 Å². The molecule has 1 aliphatic rings. The molecule has 98 valence electrons. The molecule has 1 saturated heterocycles. The second-order valence-electron chi connectivity index (χ2n) is 4.63. The van der Waals surface area contributed by atoms with Crippen LogP contribution in [0, 0.1) is 18.7 Å². The number of esters is 1. The highest BCUT2D eigenvalue weighted by Crippen LogP contribution is 2.30. The van der Waals surface area contributed by atoms with Gasteiger partial charge in [0, 0.05) is 19.0 Å². The Morgan fingerprint density at radius 3 is 2.94 bits per heavy atom. The lowest BCUT2D eigenvalue weighted by Gasteiger charge is -2.17. The summed E-state index contributed by atoms with van der Waals surface area (Å²) >= 11 is 0. The number of aryl methyl sites for hydroxylation is 1. The molecule has 2 atom stereocenters. The van der Waals surface area contributed by atoms with Gasteiger partial charge in [-0.25, -0.2) is 4.39 Å². The fraction of sp³-hybridized carbons (Fsp3) is 0.500. The van der Waals surface area contributed by atoms with E-state index in [9.17, 15) is 9.18 Å². The molecule has 2 rings (SSSR count). The predicted octanol–water partition coefficient (Wildman–Crippen LogP) is 2.00. The van der Waals surface area contributed by atoms with Gasteiger partial charge >= 0.3 is 5.97 Å². The zero-order valence-electron chi connectivity index (χ0n) is 10.7. The Morgan fingerprint density at radius 2 is 2.28 bits per heavy atom. The minimum atomic E-state index is -0.220. The maximum atomic E-state index is 13.6. The summed E-state index contributed by atoms with van der Waals surface area (Å²) in [6, 6.07) is 5.17. The van der Waals surface area contributed by atoms with Crippen LogP contribution in [0.5, 0.6) is 0 Å². The van der Waals surface area contributed by atoms with E-state index in [1.54, 1.807) is 19.9 Å². The van der Waals surface area contributed by atoms with Crippen molar-refractivity contribution in [2.24, 2.45) is 5.92 Å². The maximum absolute atomic E-state index is 13.6. The average molecular weight is 251 g/mol. The molecular weight excluding hydrogens is 233 g/mol. The Balaban J connectivity index is 2.20. The molecule has 0 aromatic heterocycles. The lowest BCUT2D eigenvalue weighted by molar-refractivity contribution is -0.147. The van der Waals surface area contributed by atoms with E-state index < -0.39 is 0 Å². The van der Waals surface area contributed by atoms with E-state index in [2.05, 4.69) is 5.32 Å². The second-order valence-corrected chi connectivity index (χ2v) is 4.63. The monoisotopic (exact) mass is 251 g/mol. The van der Waals surface area contributed by atoms with Gasteiger partial charge in [-0.15, -0.1) is 0 Å². The molecule has 18 heavy (non-hydrogen) atoms. The van der Waals surface area contributed by atoms with Crippen molar-refractivity contribution in [2.75, 3.05) is 19.7 Å². The second kappa shape index (κ2) is 5.48. The third kappa shape index (κ3) is 2.53. The van der Waals surface area contributed by atoms with E-state index in [4.69, 9.17) is 4.74 Å². The van der Waals surface area contributed by atoms with Crippen LogP contribution in [0.25, 0.3) is 0 Å². The van der Waals surface area contributed by atoms with Gasteiger partial charge in [0.15, 0.2) is 0 Å². The summed E-state index contributed by atoms with van der Waals surface area (Å²) in [5, 5.41) is 3.17. The van der Waals surface area contributed by atoms with Crippen LogP contribution < -0.4 is 5.32 Å². The van der Waals surface area contributed by atoms with Gasteiger partial charge < -0.3 is 10.1 Å². The molecule has 0 saturated carbocycles. The summed E-state index contributed by atoms with van der Waals surface area (Å²) in [4.78, 5) is 11.8. The Kier molecular flexibility index (Phi) is 3.97. The smallest absolute Gasteiger partial charge is 0.310 e. The largest absolute Gasteiger partial charge is 0.466 e. The number of carbonyl (C=O) groups excluding carboxylic acids is 1. The third-order valence-electron chi connectivity index (χ3n) is 3.43. The number of hydrogen-bond acceptors (Lipinski definition) is 3. The maximum Gasteiger partial charge on any atom is 0.310 e. The minimum Gasteiger partial charge on any atom is -0.466 e. The lowest BCUT2D eigenvalue weighted by atomic mass is 9.88. The first-order valence-corrected chi connectivity index (χ1v) is 6.27. The zero-order chi connectivity index (χ0) is 13.1. The molecule has 1 aromatic carbocycles. The van der Waals surface area contributed by atoms with Crippen molar-refractivity contribution < 1.29 is 13.9 Å². The molecule has 1 fully saturated rings. The summed E-state index contributed by atoms with van der Waals surface area (Å²) in [7, 11) is 0. The van der Waals surface area contributed by atoms with Crippen molar-refractivity contribution >= 4 is 5.97 Å². The van der Waals surface area contributed by atoms with Crippen LogP contribution in [0.15, 0.2) is 18.2 Å². The number of hydrogen-bond donors (Lipinski definition) is 1. The van der Waals surface area contributed by atoms with Gasteiger partial charge in [-0.1, -0.05) is 12.1 Å². The van der Waals surface area contributed by atoms with Gasteiger partial charge in [-0.2, -0.15) is 0 Å². The van der Waals surface area contributed by atoms with Gasteiger partial charge in [0.25, 0.3) is 0 Å². The van der Waals surface area contributed by atoms with Gasteiger partial charge in [-0.05, 0) is 31.0 Å². The van der Waals surface area contributed by atoms with Crippen molar-refractivity contribution in [3.8, 4) is 0 Å². The number of rotatable bonds is 3. The molecule has 1 N–H and O–H groups in total. The number of carbonyl (C=O) groups is 1. The topological polar surface area (TPSA) is 38.3 Å². The summed E-state index contributed by atoms with van der Waals surface area (Å²) in [6.45, 7) is 5.19. The van der Waals surface area contributed by atoms with Crippen LogP contribution in [-0.4, -0.2) is 25.7 Å². The molecule has 0 unspecified atom stereocenters. The Labute approximate surface area is 106 Å². The van der Waals surface area contributed by atoms with Gasteiger partial charge in [0.2, 0.25) is 0 Å². The SMILES string of the molecule is CCOC(=O)[C@@H]1CNC[C@H]1c1ccc(C)c(F)c1. The summed E-state index contributed by atoms with van der Waals surface area (Å²) in [6.07, 6.45) is 0. The van der Waals surface area contributed by atoms with E-state index in [0.29, 0.717) is 25.3 Å². The van der Waals surface area contributed by atoms with Crippen LogP contribution in [0.2, 0.25) is 0 Å². The summed E-state index contributed by atoms with van der Waals surface area (Å²) in [5.41, 5.74) is 1.48. The fourth-order valence-electron chi connectivity index (χ4n) is 2.37. The number of halogens is 1. The average Bonchev–Trinajstić information content (AvgIpc) is 2.82. The molecule has 0 radical (unpaired) electrons. The van der Waals surface area contributed by atoms with Gasteiger partial charge in [-0.3, -0.25) is 4.79 Å². The molecule has 1 aromatic rings. The van der Waals surface area contributed by atoms with Crippen molar-refractivity contribution in [1.82, 2.24) is 5.32 Å². The van der Waals surface area contributed by atoms with Crippen LogP contribution in [0.1, 0.15) is 24.0 Å². The Hall–Kier alpha value is -1.42. The highest BCUT2D eigenvalue weighted by molar-refractivity contribution is 5.74. The highest BCUT2D eigenvalue weighted by Gasteiger charge is 2.35. The number of nitrogens with one attached hydrogen (secondary N) is 1. The molecule has 1 aliphatic heterocycles. The molecule has 0 bridgehead atoms. The van der Waals surface area contributed by atoms with Crippen LogP contribution in [-0.2, 0) is 9.53 Å². The van der Waals surface area contributed by atoms with E-state index in [1.807, 2.05) is 6.07 Å². The minimum absolute atomic E-state index is 0.000787.